The summed E-state index contributed by atoms with van der Waals surface area (Å²) in [7, 11) is 0. The maximum absolute atomic E-state index is 11.9. The SMILES string of the molecule is CC(=O)O.CCN(CC)CCOC(=O)CCCC=CCC1C(O)CC(O)C1C=CC(O)COc1cccc(Cl)c1. The molecule has 5 atom stereocenters. The number of ether oxygens (including phenoxy) is 2. The largest absolute Gasteiger partial charge is 0.491 e. The molecule has 0 aliphatic heterocycles. The summed E-state index contributed by atoms with van der Waals surface area (Å²) in [6.07, 6.45) is 8.02. The number of carboxylic acids is 1. The molecule has 0 amide bonds. The number of carbonyl (C=O) groups is 2. The van der Waals surface area contributed by atoms with Crippen LogP contribution < -0.4 is 4.74 Å². The van der Waals surface area contributed by atoms with Crippen LogP contribution in [0.1, 0.15) is 52.9 Å². The van der Waals surface area contributed by atoms with Crippen molar-refractivity contribution >= 4 is 23.5 Å². The third kappa shape index (κ3) is 15.4. The van der Waals surface area contributed by atoms with Crippen molar-refractivity contribution in [2.75, 3.05) is 32.8 Å². The number of aliphatic carboxylic acids is 1. The minimum atomic E-state index is -0.850. The number of carboxylic acid groups (broad SMARTS) is 1. The standard InChI is InChI=1S/C28H42ClNO6.C2H4O2/c1-3-30(4-2)16-17-35-28(34)13-8-6-5-7-12-24-25(27(33)19-26(24)32)15-14-22(31)20-36-23-11-9-10-21(29)18-23;1-2(3)4/h5,7,9-11,14-15,18,22,24-27,31-33H,3-4,6,8,12-13,16-17,19-20H2,1-2H3;1H3,(H,3,4). The first-order chi connectivity index (χ1) is 19.1. The number of hydrogen-bond donors (Lipinski definition) is 4. The van der Waals surface area contributed by atoms with Crippen LogP contribution in [0.25, 0.3) is 0 Å². The number of benzene rings is 1. The third-order valence-electron chi connectivity index (χ3n) is 6.58. The summed E-state index contributed by atoms with van der Waals surface area (Å²) in [5.41, 5.74) is 0. The number of likely N-dealkylation sites (N-methyl/N-ethyl adjacent to an activating group) is 1. The van der Waals surface area contributed by atoms with Crippen molar-refractivity contribution in [3.63, 3.8) is 0 Å². The van der Waals surface area contributed by atoms with Gasteiger partial charge in [0, 0.05) is 37.3 Å². The van der Waals surface area contributed by atoms with Gasteiger partial charge in [0.05, 0.1) is 12.2 Å². The zero-order chi connectivity index (χ0) is 29.9. The van der Waals surface area contributed by atoms with Gasteiger partial charge in [-0.25, -0.2) is 0 Å². The fourth-order valence-electron chi connectivity index (χ4n) is 4.39. The van der Waals surface area contributed by atoms with Crippen LogP contribution >= 0.6 is 11.6 Å². The Morgan fingerprint density at radius 3 is 2.52 bits per heavy atom. The van der Waals surface area contributed by atoms with Crippen molar-refractivity contribution in [1.82, 2.24) is 4.90 Å². The highest BCUT2D eigenvalue weighted by Crippen LogP contribution is 2.36. The molecule has 0 spiro atoms. The van der Waals surface area contributed by atoms with E-state index in [0.29, 0.717) is 43.1 Å². The maximum atomic E-state index is 11.9. The number of unbranched alkanes of at least 4 members (excludes halogenated alkanes) is 1. The normalized spacial score (nSPS) is 21.4. The summed E-state index contributed by atoms with van der Waals surface area (Å²) in [4.78, 5) is 23.1. The van der Waals surface area contributed by atoms with Crippen molar-refractivity contribution in [3.05, 3.63) is 53.6 Å². The topological polar surface area (TPSA) is 137 Å². The second-order valence-corrected chi connectivity index (χ2v) is 10.1. The van der Waals surface area contributed by atoms with Gasteiger partial charge in [0.15, 0.2) is 0 Å². The smallest absolute Gasteiger partial charge is 0.305 e. The van der Waals surface area contributed by atoms with Crippen LogP contribution in [-0.2, 0) is 14.3 Å². The molecule has 5 unspecified atom stereocenters. The number of nitrogens with zero attached hydrogens (tertiary/aromatic N) is 1. The Labute approximate surface area is 243 Å². The van der Waals surface area contributed by atoms with Crippen LogP contribution in [0.15, 0.2) is 48.6 Å². The molecule has 40 heavy (non-hydrogen) atoms. The first-order valence-electron chi connectivity index (χ1n) is 13.9. The minimum Gasteiger partial charge on any atom is -0.491 e. The molecule has 1 aliphatic rings. The van der Waals surface area contributed by atoms with Gasteiger partial charge in [-0.3, -0.25) is 9.59 Å². The Bertz CT molecular complexity index is 917. The highest BCUT2D eigenvalue weighted by molar-refractivity contribution is 6.30. The quantitative estimate of drug-likeness (QED) is 0.129. The van der Waals surface area contributed by atoms with E-state index in [1.165, 1.54) is 0 Å². The lowest BCUT2D eigenvalue weighted by molar-refractivity contribution is -0.144. The molecule has 1 aromatic rings. The van der Waals surface area contributed by atoms with Crippen molar-refractivity contribution < 1.29 is 39.5 Å². The summed E-state index contributed by atoms with van der Waals surface area (Å²) < 4.78 is 10.8. The lowest BCUT2D eigenvalue weighted by Gasteiger charge is -2.19. The molecule has 4 N–H and O–H groups in total. The summed E-state index contributed by atoms with van der Waals surface area (Å²) in [6, 6.07) is 6.95. The van der Waals surface area contributed by atoms with Gasteiger partial charge in [0.1, 0.15) is 25.1 Å². The van der Waals surface area contributed by atoms with Crippen molar-refractivity contribution in [2.45, 2.75) is 71.2 Å². The van der Waals surface area contributed by atoms with E-state index in [0.717, 1.165) is 33.0 Å². The summed E-state index contributed by atoms with van der Waals surface area (Å²) in [5, 5.41) is 39.1. The van der Waals surface area contributed by atoms with Gasteiger partial charge in [0.2, 0.25) is 0 Å². The Balaban J connectivity index is 0.00000187. The van der Waals surface area contributed by atoms with E-state index in [9.17, 15) is 20.1 Å². The van der Waals surface area contributed by atoms with Gasteiger partial charge >= 0.3 is 5.97 Å². The van der Waals surface area contributed by atoms with Crippen LogP contribution in [0.4, 0.5) is 0 Å². The molecule has 0 heterocycles. The first-order valence-corrected chi connectivity index (χ1v) is 14.3. The predicted octanol–water partition coefficient (Wildman–Crippen LogP) is 4.09. The molecule has 10 heteroatoms. The number of aliphatic hydroxyl groups is 3. The first kappa shape index (κ1) is 35.6. The second-order valence-electron chi connectivity index (χ2n) is 9.70. The van der Waals surface area contributed by atoms with Crippen LogP contribution in [0, 0.1) is 11.8 Å². The fraction of sp³-hybridized carbons (Fsp3) is 0.600. The molecule has 0 bridgehead atoms. The predicted molar refractivity (Wildman–Crippen MR) is 155 cm³/mol. The van der Waals surface area contributed by atoms with Gasteiger partial charge in [-0.1, -0.05) is 55.8 Å². The number of hydrogen-bond acceptors (Lipinski definition) is 8. The molecule has 0 radical (unpaired) electrons. The fourth-order valence-corrected chi connectivity index (χ4v) is 4.57. The van der Waals surface area contributed by atoms with Gasteiger partial charge in [-0.2, -0.15) is 0 Å². The Morgan fingerprint density at radius 1 is 1.18 bits per heavy atom. The van der Waals surface area contributed by atoms with Gasteiger partial charge < -0.3 is 34.8 Å². The molecule has 1 aliphatic carbocycles. The summed E-state index contributed by atoms with van der Waals surface area (Å²) in [5.74, 6) is -0.833. The molecule has 1 aromatic carbocycles. The summed E-state index contributed by atoms with van der Waals surface area (Å²) in [6.45, 7) is 8.39. The summed E-state index contributed by atoms with van der Waals surface area (Å²) >= 11 is 5.94. The van der Waals surface area contributed by atoms with Crippen molar-refractivity contribution in [2.24, 2.45) is 11.8 Å². The van der Waals surface area contributed by atoms with E-state index in [1.54, 1.807) is 36.4 Å². The Hall–Kier alpha value is -2.43. The van der Waals surface area contributed by atoms with E-state index in [-0.39, 0.29) is 24.4 Å². The molecule has 1 fully saturated rings. The van der Waals surface area contributed by atoms with E-state index in [1.807, 2.05) is 12.2 Å². The number of rotatable bonds is 16. The van der Waals surface area contributed by atoms with E-state index in [2.05, 4.69) is 18.7 Å². The molecular formula is C30H46ClNO8. The number of halogens is 1. The molecule has 0 saturated heterocycles. The van der Waals surface area contributed by atoms with E-state index < -0.39 is 24.3 Å². The number of aliphatic hydroxyl groups excluding tert-OH is 3. The molecule has 226 valence electrons. The molecule has 1 saturated carbocycles. The van der Waals surface area contributed by atoms with E-state index >= 15 is 0 Å². The number of esters is 1. The van der Waals surface area contributed by atoms with Crippen LogP contribution in [0.3, 0.4) is 0 Å². The zero-order valence-electron chi connectivity index (χ0n) is 23.8. The average Bonchev–Trinajstić information content (AvgIpc) is 3.17. The lowest BCUT2D eigenvalue weighted by atomic mass is 9.89. The third-order valence-corrected chi connectivity index (χ3v) is 6.81. The molecule has 2 rings (SSSR count). The average molecular weight is 584 g/mol. The molecule has 9 nitrogen and oxygen atoms in total. The van der Waals surface area contributed by atoms with E-state index in [4.69, 9.17) is 31.0 Å². The lowest BCUT2D eigenvalue weighted by Crippen LogP contribution is -2.27. The zero-order valence-corrected chi connectivity index (χ0v) is 24.6. The van der Waals surface area contributed by atoms with Crippen LogP contribution in [0.5, 0.6) is 5.75 Å². The van der Waals surface area contributed by atoms with Crippen molar-refractivity contribution in [1.29, 1.82) is 0 Å². The van der Waals surface area contributed by atoms with Gasteiger partial charge in [-0.05, 0) is 56.5 Å². The van der Waals surface area contributed by atoms with Gasteiger partial charge in [0.25, 0.3) is 5.97 Å². The molecular weight excluding hydrogens is 538 g/mol. The van der Waals surface area contributed by atoms with Crippen LogP contribution in [0.2, 0.25) is 5.02 Å². The second kappa shape index (κ2) is 20.4. The number of allylic oxidation sites excluding steroid dienone is 2. The van der Waals surface area contributed by atoms with Gasteiger partial charge in [-0.15, -0.1) is 0 Å². The Kier molecular flexibility index (Phi) is 18.2. The Morgan fingerprint density at radius 2 is 1.88 bits per heavy atom. The van der Waals surface area contributed by atoms with Crippen molar-refractivity contribution in [3.8, 4) is 5.75 Å². The van der Waals surface area contributed by atoms with Crippen LogP contribution in [-0.4, -0.2) is 88.4 Å². The number of carbonyl (C=O) groups excluding carboxylic acids is 1. The maximum Gasteiger partial charge on any atom is 0.305 e. The molecule has 0 aromatic heterocycles. The minimum absolute atomic E-state index is 0.0602. The highest BCUT2D eigenvalue weighted by Gasteiger charge is 2.39. The highest BCUT2D eigenvalue weighted by atomic mass is 35.5. The monoisotopic (exact) mass is 583 g/mol.